The Morgan fingerprint density at radius 3 is 2.81 bits per heavy atom. The largest absolute Gasteiger partial charge is 0.495 e. The summed E-state index contributed by atoms with van der Waals surface area (Å²) >= 11 is 1.46. The van der Waals surface area contributed by atoms with Gasteiger partial charge in [0.05, 0.1) is 11.8 Å². The third-order valence-corrected chi connectivity index (χ3v) is 5.58. The van der Waals surface area contributed by atoms with Gasteiger partial charge < -0.3 is 18.8 Å². The van der Waals surface area contributed by atoms with Gasteiger partial charge in [-0.25, -0.2) is 0 Å². The number of aryl methyl sites for hydroxylation is 2. The smallest absolute Gasteiger partial charge is 0.292 e. The number of carbonyl (C=O) groups is 1. The molecule has 0 saturated heterocycles. The van der Waals surface area contributed by atoms with Gasteiger partial charge in [0.2, 0.25) is 6.10 Å². The Labute approximate surface area is 154 Å². The van der Waals surface area contributed by atoms with E-state index < -0.39 is 6.10 Å². The second kappa shape index (κ2) is 6.49. The molecule has 0 saturated carbocycles. The molecule has 1 amide bonds. The van der Waals surface area contributed by atoms with Gasteiger partial charge in [-0.1, -0.05) is 29.5 Å². The average Bonchev–Trinajstić information content (AvgIpc) is 2.99. The molecule has 7 heteroatoms. The molecule has 2 aromatic carbocycles. The van der Waals surface area contributed by atoms with E-state index in [-0.39, 0.29) is 12.5 Å². The Morgan fingerprint density at radius 2 is 2.04 bits per heavy atom. The molecule has 0 bridgehead atoms. The molecular formula is C19H18N2O4S. The summed E-state index contributed by atoms with van der Waals surface area (Å²) in [5, 5.41) is 0. The lowest BCUT2D eigenvalue weighted by Crippen LogP contribution is -2.36. The second-order valence-corrected chi connectivity index (χ2v) is 7.00. The Balaban J connectivity index is 1.72. The van der Waals surface area contributed by atoms with E-state index in [1.165, 1.54) is 11.3 Å². The Kier molecular flexibility index (Phi) is 4.16. The fourth-order valence-electron chi connectivity index (χ4n) is 2.93. The lowest BCUT2D eigenvalue weighted by molar-refractivity contribution is -0.127. The molecule has 1 aromatic heterocycles. The highest BCUT2D eigenvalue weighted by molar-refractivity contribution is 7.16. The third-order valence-electron chi connectivity index (χ3n) is 4.32. The van der Waals surface area contributed by atoms with E-state index in [0.717, 1.165) is 21.5 Å². The lowest BCUT2D eigenvalue weighted by Gasteiger charge is -2.23. The summed E-state index contributed by atoms with van der Waals surface area (Å²) in [5.41, 5.74) is 2.04. The number of rotatable bonds is 2. The number of amides is 1. The molecule has 0 aliphatic carbocycles. The third kappa shape index (κ3) is 2.74. The van der Waals surface area contributed by atoms with E-state index in [1.54, 1.807) is 13.2 Å². The molecule has 1 aliphatic rings. The van der Waals surface area contributed by atoms with E-state index >= 15 is 0 Å². The van der Waals surface area contributed by atoms with Crippen LogP contribution in [0, 0.1) is 6.92 Å². The first kappa shape index (κ1) is 16.7. The maximum absolute atomic E-state index is 12.6. The fourth-order valence-corrected chi connectivity index (χ4v) is 4.04. The van der Waals surface area contributed by atoms with E-state index in [4.69, 9.17) is 14.2 Å². The second-order valence-electron chi connectivity index (χ2n) is 6.02. The average molecular weight is 370 g/mol. The van der Waals surface area contributed by atoms with Gasteiger partial charge in [0, 0.05) is 7.05 Å². The number of hydrogen-bond acceptors (Lipinski definition) is 5. The number of aromatic nitrogens is 1. The number of benzene rings is 2. The van der Waals surface area contributed by atoms with Crippen molar-refractivity contribution in [2.24, 2.45) is 12.0 Å². The van der Waals surface area contributed by atoms with Crippen LogP contribution in [-0.4, -0.2) is 30.3 Å². The van der Waals surface area contributed by atoms with Crippen LogP contribution in [0.5, 0.6) is 17.2 Å². The first-order valence-corrected chi connectivity index (χ1v) is 9.00. The summed E-state index contributed by atoms with van der Waals surface area (Å²) in [6.07, 6.45) is -0.752. The molecule has 134 valence electrons. The summed E-state index contributed by atoms with van der Waals surface area (Å²) < 4.78 is 19.7. The molecule has 1 atom stereocenters. The number of ether oxygens (including phenoxy) is 3. The monoisotopic (exact) mass is 370 g/mol. The van der Waals surface area contributed by atoms with Gasteiger partial charge in [0.25, 0.3) is 5.91 Å². The van der Waals surface area contributed by atoms with Crippen molar-refractivity contribution in [2.45, 2.75) is 13.0 Å². The summed E-state index contributed by atoms with van der Waals surface area (Å²) in [6.45, 7) is 2.18. The van der Waals surface area contributed by atoms with E-state index in [1.807, 2.05) is 48.9 Å². The van der Waals surface area contributed by atoms with Gasteiger partial charge in [-0.2, -0.15) is 4.99 Å². The Morgan fingerprint density at radius 1 is 1.27 bits per heavy atom. The minimum atomic E-state index is -0.752. The number of hydrogen-bond donors (Lipinski definition) is 0. The maximum Gasteiger partial charge on any atom is 0.292 e. The minimum absolute atomic E-state index is 0.149. The Bertz CT molecular complexity index is 1070. The zero-order valence-corrected chi connectivity index (χ0v) is 15.5. The van der Waals surface area contributed by atoms with Crippen molar-refractivity contribution in [2.75, 3.05) is 13.7 Å². The molecule has 6 nitrogen and oxygen atoms in total. The van der Waals surface area contributed by atoms with Gasteiger partial charge >= 0.3 is 0 Å². The number of fused-ring (bicyclic) bond motifs is 2. The van der Waals surface area contributed by atoms with Gasteiger partial charge in [-0.05, 0) is 30.7 Å². The van der Waals surface area contributed by atoms with Crippen molar-refractivity contribution < 1.29 is 19.0 Å². The number of thiazole rings is 1. The topological polar surface area (TPSA) is 62.1 Å². The molecule has 3 aromatic rings. The molecule has 0 N–H and O–H groups in total. The van der Waals surface area contributed by atoms with Crippen LogP contribution in [0.3, 0.4) is 0 Å². The van der Waals surface area contributed by atoms with Gasteiger partial charge in [0.1, 0.15) is 17.9 Å². The molecule has 4 rings (SSSR count). The number of carbonyl (C=O) groups excluding carboxylic acids is 1. The predicted octanol–water partition coefficient (Wildman–Crippen LogP) is 2.82. The van der Waals surface area contributed by atoms with Crippen LogP contribution in [0.2, 0.25) is 0 Å². The first-order valence-electron chi connectivity index (χ1n) is 8.18. The van der Waals surface area contributed by atoms with Crippen molar-refractivity contribution in [1.29, 1.82) is 0 Å². The van der Waals surface area contributed by atoms with Crippen LogP contribution in [-0.2, 0) is 11.8 Å². The van der Waals surface area contributed by atoms with Crippen LogP contribution in [0.4, 0.5) is 0 Å². The van der Waals surface area contributed by atoms with Gasteiger partial charge in [0.15, 0.2) is 16.3 Å². The molecule has 0 fully saturated rings. The number of nitrogens with zero attached hydrogens (tertiary/aromatic N) is 2. The Hall–Kier alpha value is -2.80. The zero-order valence-electron chi connectivity index (χ0n) is 14.7. The van der Waals surface area contributed by atoms with Crippen molar-refractivity contribution in [3.8, 4) is 17.2 Å². The normalized spacial score (nSPS) is 16.7. The molecule has 26 heavy (non-hydrogen) atoms. The summed E-state index contributed by atoms with van der Waals surface area (Å²) in [5.74, 6) is 1.59. The highest BCUT2D eigenvalue weighted by Crippen LogP contribution is 2.32. The molecular weight excluding hydrogens is 352 g/mol. The zero-order chi connectivity index (χ0) is 18.3. The molecule has 2 heterocycles. The summed E-state index contributed by atoms with van der Waals surface area (Å²) in [4.78, 5) is 17.5. The van der Waals surface area contributed by atoms with Gasteiger partial charge in [-0.3, -0.25) is 4.79 Å². The van der Waals surface area contributed by atoms with Crippen LogP contribution < -0.4 is 19.0 Å². The first-order chi connectivity index (χ1) is 12.6. The molecule has 0 unspecified atom stereocenters. The van der Waals surface area contributed by atoms with Crippen molar-refractivity contribution in [3.05, 3.63) is 46.8 Å². The van der Waals surface area contributed by atoms with E-state index in [9.17, 15) is 4.79 Å². The van der Waals surface area contributed by atoms with Crippen molar-refractivity contribution in [3.63, 3.8) is 0 Å². The van der Waals surface area contributed by atoms with Gasteiger partial charge in [-0.15, -0.1) is 0 Å². The predicted molar refractivity (Wildman–Crippen MR) is 99.0 cm³/mol. The maximum atomic E-state index is 12.6. The van der Waals surface area contributed by atoms with Crippen LogP contribution in [0.1, 0.15) is 5.56 Å². The standard InChI is InChI=1S/C19H18N2O4S/c1-11-8-9-14(23-3)16-17(11)26-19(21(16)2)20-18(22)15-10-24-12-6-4-5-7-13(12)25-15/h4-9,15H,10H2,1-3H3/t15-/m1/s1. The number of para-hydroxylation sites is 2. The molecule has 1 aliphatic heterocycles. The van der Waals surface area contributed by atoms with Crippen molar-refractivity contribution >= 4 is 27.5 Å². The molecule has 0 radical (unpaired) electrons. The quantitative estimate of drug-likeness (QED) is 0.696. The van der Waals surface area contributed by atoms with E-state index in [2.05, 4.69) is 4.99 Å². The van der Waals surface area contributed by atoms with Crippen LogP contribution >= 0.6 is 11.3 Å². The minimum Gasteiger partial charge on any atom is -0.495 e. The highest BCUT2D eigenvalue weighted by Gasteiger charge is 2.27. The van der Waals surface area contributed by atoms with E-state index in [0.29, 0.717) is 16.3 Å². The highest BCUT2D eigenvalue weighted by atomic mass is 32.1. The lowest BCUT2D eigenvalue weighted by atomic mass is 10.2. The SMILES string of the molecule is COc1ccc(C)c2sc(=NC(=O)[C@H]3COc4ccccc4O3)n(C)c12. The van der Waals surface area contributed by atoms with Crippen LogP contribution in [0.15, 0.2) is 41.4 Å². The fraction of sp³-hybridized carbons (Fsp3) is 0.263. The number of methoxy groups -OCH3 is 1. The van der Waals surface area contributed by atoms with Crippen molar-refractivity contribution in [1.82, 2.24) is 4.57 Å². The summed E-state index contributed by atoms with van der Waals surface area (Å²) in [7, 11) is 3.51. The molecule has 0 spiro atoms. The summed E-state index contributed by atoms with van der Waals surface area (Å²) in [6, 6.07) is 11.2. The van der Waals surface area contributed by atoms with Crippen LogP contribution in [0.25, 0.3) is 10.2 Å².